The Morgan fingerprint density at radius 3 is 2.88 bits per heavy atom. The van der Waals surface area contributed by atoms with Crippen LogP contribution in [0.25, 0.3) is 10.9 Å². The molecule has 0 atom stereocenters. The summed E-state index contributed by atoms with van der Waals surface area (Å²) in [5.74, 6) is 0.240. The minimum absolute atomic E-state index is 0.240. The predicted octanol–water partition coefficient (Wildman–Crippen LogP) is 2.08. The lowest BCUT2D eigenvalue weighted by molar-refractivity contribution is -0.119. The number of hydrogen-bond acceptors (Lipinski definition) is 2. The van der Waals surface area contributed by atoms with Gasteiger partial charge in [0.05, 0.1) is 12.1 Å². The molecule has 3 heteroatoms. The molecular formula is C13H16N2O. The van der Waals surface area contributed by atoms with E-state index >= 15 is 0 Å². The number of carbonyl (C=O) groups is 1. The normalized spacial score (nSPS) is 10.9. The lowest BCUT2D eigenvalue weighted by atomic mass is 10.1. The van der Waals surface area contributed by atoms with Gasteiger partial charge in [0.25, 0.3) is 0 Å². The van der Waals surface area contributed by atoms with Crippen molar-refractivity contribution in [3.63, 3.8) is 0 Å². The molecule has 0 aliphatic heterocycles. The van der Waals surface area contributed by atoms with Crippen molar-refractivity contribution in [1.82, 2.24) is 4.57 Å². The lowest BCUT2D eigenvalue weighted by Crippen LogP contribution is -2.09. The van der Waals surface area contributed by atoms with Crippen LogP contribution in [0, 0.1) is 0 Å². The summed E-state index contributed by atoms with van der Waals surface area (Å²) < 4.78 is 1.99. The summed E-state index contributed by atoms with van der Waals surface area (Å²) in [6.07, 6.45) is 2.53. The Morgan fingerprint density at radius 1 is 1.38 bits per heavy atom. The molecule has 0 aliphatic carbocycles. The molecule has 1 aromatic carbocycles. The first-order valence-corrected chi connectivity index (χ1v) is 5.54. The SMILES string of the molecule is CCC(=O)Cn1ccc2cccc(CN)c21. The number of benzene rings is 1. The van der Waals surface area contributed by atoms with Crippen molar-refractivity contribution in [3.8, 4) is 0 Å². The fourth-order valence-corrected chi connectivity index (χ4v) is 1.94. The second-order valence-corrected chi connectivity index (χ2v) is 3.89. The molecule has 0 amide bonds. The molecule has 2 rings (SSSR count). The number of hydrogen-bond donors (Lipinski definition) is 1. The Morgan fingerprint density at radius 2 is 2.19 bits per heavy atom. The molecule has 0 fully saturated rings. The monoisotopic (exact) mass is 216 g/mol. The minimum atomic E-state index is 0.240. The molecule has 0 aliphatic rings. The molecule has 0 saturated heterocycles. The highest BCUT2D eigenvalue weighted by Gasteiger charge is 2.07. The molecule has 1 aromatic heterocycles. The zero-order valence-electron chi connectivity index (χ0n) is 9.44. The number of para-hydroxylation sites is 1. The van der Waals surface area contributed by atoms with Crippen molar-refractivity contribution in [1.29, 1.82) is 0 Å². The van der Waals surface area contributed by atoms with E-state index in [9.17, 15) is 4.79 Å². The number of carbonyl (C=O) groups excluding carboxylic acids is 1. The second kappa shape index (κ2) is 4.49. The van der Waals surface area contributed by atoms with E-state index in [0.717, 1.165) is 16.5 Å². The van der Waals surface area contributed by atoms with Crippen molar-refractivity contribution in [2.45, 2.75) is 26.4 Å². The first-order chi connectivity index (χ1) is 7.76. The number of nitrogens with two attached hydrogens (primary N) is 1. The van der Waals surface area contributed by atoms with E-state index < -0.39 is 0 Å². The van der Waals surface area contributed by atoms with E-state index in [1.165, 1.54) is 0 Å². The van der Waals surface area contributed by atoms with Crippen LogP contribution in [0.4, 0.5) is 0 Å². The van der Waals surface area contributed by atoms with Crippen LogP contribution in [-0.4, -0.2) is 10.4 Å². The molecular weight excluding hydrogens is 200 g/mol. The molecule has 2 N–H and O–H groups in total. The number of Topliss-reactive ketones (excluding diaryl/α,β-unsaturated/α-hetero) is 1. The van der Waals surface area contributed by atoms with Gasteiger partial charge in [-0.1, -0.05) is 25.1 Å². The van der Waals surface area contributed by atoms with Gasteiger partial charge in [-0.05, 0) is 17.0 Å². The summed E-state index contributed by atoms with van der Waals surface area (Å²) in [5.41, 5.74) is 7.89. The van der Waals surface area contributed by atoms with E-state index in [1.54, 1.807) is 0 Å². The Kier molecular flexibility index (Phi) is 3.06. The van der Waals surface area contributed by atoms with Crippen LogP contribution >= 0.6 is 0 Å². The van der Waals surface area contributed by atoms with Crippen molar-refractivity contribution >= 4 is 16.7 Å². The molecule has 0 unspecified atom stereocenters. The third-order valence-electron chi connectivity index (χ3n) is 2.83. The standard InChI is InChI=1S/C13H16N2O/c1-2-12(16)9-15-7-6-10-4-3-5-11(8-14)13(10)15/h3-7H,2,8-9,14H2,1H3. The molecule has 84 valence electrons. The summed E-state index contributed by atoms with van der Waals surface area (Å²) in [6.45, 7) is 2.83. The van der Waals surface area contributed by atoms with E-state index in [4.69, 9.17) is 5.73 Å². The van der Waals surface area contributed by atoms with Gasteiger partial charge in [-0.2, -0.15) is 0 Å². The Balaban J connectivity index is 2.49. The van der Waals surface area contributed by atoms with Crippen LogP contribution in [0.1, 0.15) is 18.9 Å². The van der Waals surface area contributed by atoms with Gasteiger partial charge in [0, 0.05) is 19.2 Å². The van der Waals surface area contributed by atoms with Crippen LogP contribution < -0.4 is 5.73 Å². The Hall–Kier alpha value is -1.61. The fourth-order valence-electron chi connectivity index (χ4n) is 1.94. The largest absolute Gasteiger partial charge is 0.340 e. The summed E-state index contributed by atoms with van der Waals surface area (Å²) in [7, 11) is 0. The van der Waals surface area contributed by atoms with Crippen molar-refractivity contribution in [2.75, 3.05) is 0 Å². The van der Waals surface area contributed by atoms with Crippen molar-refractivity contribution in [2.24, 2.45) is 5.73 Å². The Labute approximate surface area is 94.9 Å². The zero-order chi connectivity index (χ0) is 11.5. The molecule has 0 saturated carbocycles. The van der Waals surface area contributed by atoms with Gasteiger partial charge in [0.2, 0.25) is 0 Å². The van der Waals surface area contributed by atoms with Crippen LogP contribution in [0.5, 0.6) is 0 Å². The average molecular weight is 216 g/mol. The quantitative estimate of drug-likeness (QED) is 0.850. The van der Waals surface area contributed by atoms with Gasteiger partial charge in [0.1, 0.15) is 0 Å². The van der Waals surface area contributed by atoms with Gasteiger partial charge in [-0.3, -0.25) is 4.79 Å². The van der Waals surface area contributed by atoms with Crippen LogP contribution in [0.2, 0.25) is 0 Å². The van der Waals surface area contributed by atoms with Gasteiger partial charge in [0.15, 0.2) is 5.78 Å². The van der Waals surface area contributed by atoms with Gasteiger partial charge in [-0.15, -0.1) is 0 Å². The number of ketones is 1. The lowest BCUT2D eigenvalue weighted by Gasteiger charge is -2.07. The van der Waals surface area contributed by atoms with Gasteiger partial charge in [-0.25, -0.2) is 0 Å². The number of rotatable bonds is 4. The first-order valence-electron chi connectivity index (χ1n) is 5.54. The minimum Gasteiger partial charge on any atom is -0.340 e. The molecule has 0 spiro atoms. The Bertz CT molecular complexity index is 514. The number of nitrogens with zero attached hydrogens (tertiary/aromatic N) is 1. The molecule has 3 nitrogen and oxygen atoms in total. The van der Waals surface area contributed by atoms with Gasteiger partial charge < -0.3 is 10.3 Å². The molecule has 16 heavy (non-hydrogen) atoms. The topological polar surface area (TPSA) is 48.0 Å². The van der Waals surface area contributed by atoms with Crippen LogP contribution in [0.15, 0.2) is 30.5 Å². The summed E-state index contributed by atoms with van der Waals surface area (Å²) in [5, 5.41) is 1.15. The third-order valence-corrected chi connectivity index (χ3v) is 2.83. The van der Waals surface area contributed by atoms with E-state index in [1.807, 2.05) is 42.0 Å². The summed E-state index contributed by atoms with van der Waals surface area (Å²) >= 11 is 0. The van der Waals surface area contributed by atoms with E-state index in [2.05, 4.69) is 0 Å². The number of aromatic nitrogens is 1. The first kappa shape index (κ1) is 10.9. The molecule has 1 heterocycles. The smallest absolute Gasteiger partial charge is 0.152 e. The fraction of sp³-hybridized carbons (Fsp3) is 0.308. The average Bonchev–Trinajstić information content (AvgIpc) is 2.72. The zero-order valence-corrected chi connectivity index (χ0v) is 9.44. The highest BCUT2D eigenvalue weighted by molar-refractivity contribution is 5.86. The molecule has 2 aromatic rings. The summed E-state index contributed by atoms with van der Waals surface area (Å²) in [6, 6.07) is 8.07. The van der Waals surface area contributed by atoms with Gasteiger partial charge >= 0.3 is 0 Å². The third kappa shape index (κ3) is 1.86. The maximum absolute atomic E-state index is 11.5. The van der Waals surface area contributed by atoms with Crippen LogP contribution in [-0.2, 0) is 17.9 Å². The van der Waals surface area contributed by atoms with E-state index in [0.29, 0.717) is 19.5 Å². The molecule has 0 bridgehead atoms. The molecule has 0 radical (unpaired) electrons. The van der Waals surface area contributed by atoms with Crippen molar-refractivity contribution < 1.29 is 4.79 Å². The highest BCUT2D eigenvalue weighted by Crippen LogP contribution is 2.20. The number of fused-ring (bicyclic) bond motifs is 1. The predicted molar refractivity (Wildman–Crippen MR) is 65.1 cm³/mol. The van der Waals surface area contributed by atoms with Crippen LogP contribution in [0.3, 0.4) is 0 Å². The second-order valence-electron chi connectivity index (χ2n) is 3.89. The van der Waals surface area contributed by atoms with E-state index in [-0.39, 0.29) is 5.78 Å². The van der Waals surface area contributed by atoms with Crippen molar-refractivity contribution in [3.05, 3.63) is 36.0 Å². The maximum atomic E-state index is 11.5. The maximum Gasteiger partial charge on any atom is 0.152 e. The summed E-state index contributed by atoms with van der Waals surface area (Å²) in [4.78, 5) is 11.5. The highest BCUT2D eigenvalue weighted by atomic mass is 16.1.